The number of nitrogens with zero attached hydrogens (tertiary/aromatic N) is 1. The maximum atomic E-state index is 14.3. The average Bonchev–Trinajstić information content (AvgIpc) is 3.10. The van der Waals surface area contributed by atoms with E-state index in [1.807, 2.05) is 24.3 Å². The van der Waals surface area contributed by atoms with Crippen molar-refractivity contribution in [3.63, 3.8) is 0 Å². The van der Waals surface area contributed by atoms with Gasteiger partial charge in [0.05, 0.1) is 11.4 Å². The van der Waals surface area contributed by atoms with Crippen LogP contribution in [0.4, 0.5) is 15.8 Å². The molecule has 0 aromatic heterocycles. The standard InChI is InChI=1S/C22H17FN2O2S/c23-18-11-4-5-12-19(18)25-20(26)14-28-22(25)16-9-6-10-17(13-16)24-21(27)15-7-2-1-3-8-15/h1-13,22H,14H2,(H,24,27)/t22-/m0/s1. The lowest BCUT2D eigenvalue weighted by Gasteiger charge is -2.25. The number of thioether (sulfide) groups is 1. The van der Waals surface area contributed by atoms with Gasteiger partial charge in [0.25, 0.3) is 5.91 Å². The number of rotatable bonds is 4. The predicted molar refractivity (Wildman–Crippen MR) is 110 cm³/mol. The summed E-state index contributed by atoms with van der Waals surface area (Å²) in [6.45, 7) is 0. The van der Waals surface area contributed by atoms with Crippen LogP contribution in [0.1, 0.15) is 21.3 Å². The molecular formula is C22H17FN2O2S. The van der Waals surface area contributed by atoms with Gasteiger partial charge in [-0.25, -0.2) is 4.39 Å². The summed E-state index contributed by atoms with van der Waals surface area (Å²) in [6, 6.07) is 22.5. The van der Waals surface area contributed by atoms with Crippen molar-refractivity contribution in [3.8, 4) is 0 Å². The first-order chi connectivity index (χ1) is 13.6. The molecule has 1 N–H and O–H groups in total. The minimum atomic E-state index is -0.433. The summed E-state index contributed by atoms with van der Waals surface area (Å²) in [5.41, 5.74) is 2.28. The van der Waals surface area contributed by atoms with Crippen LogP contribution >= 0.6 is 11.8 Å². The number of para-hydroxylation sites is 1. The molecule has 1 fully saturated rings. The van der Waals surface area contributed by atoms with E-state index in [0.717, 1.165) is 5.56 Å². The van der Waals surface area contributed by atoms with E-state index < -0.39 is 5.82 Å². The van der Waals surface area contributed by atoms with E-state index in [2.05, 4.69) is 5.32 Å². The van der Waals surface area contributed by atoms with Crippen molar-refractivity contribution in [3.05, 3.63) is 95.8 Å². The average molecular weight is 392 g/mol. The summed E-state index contributed by atoms with van der Waals surface area (Å²) in [5.74, 6) is -0.505. The maximum Gasteiger partial charge on any atom is 0.255 e. The van der Waals surface area contributed by atoms with Crippen LogP contribution < -0.4 is 10.2 Å². The van der Waals surface area contributed by atoms with Crippen molar-refractivity contribution in [2.45, 2.75) is 5.37 Å². The van der Waals surface area contributed by atoms with Gasteiger partial charge in [-0.3, -0.25) is 14.5 Å². The molecule has 1 aliphatic rings. The van der Waals surface area contributed by atoms with Crippen LogP contribution in [-0.2, 0) is 4.79 Å². The zero-order valence-electron chi connectivity index (χ0n) is 14.8. The summed E-state index contributed by atoms with van der Waals surface area (Å²) in [4.78, 5) is 26.3. The fourth-order valence-corrected chi connectivity index (χ4v) is 4.30. The lowest BCUT2D eigenvalue weighted by molar-refractivity contribution is -0.115. The van der Waals surface area contributed by atoms with Crippen LogP contribution in [-0.4, -0.2) is 17.6 Å². The Balaban J connectivity index is 1.61. The summed E-state index contributed by atoms with van der Waals surface area (Å²) >= 11 is 1.44. The van der Waals surface area contributed by atoms with Crippen molar-refractivity contribution in [1.82, 2.24) is 0 Å². The molecule has 1 heterocycles. The number of halogens is 1. The normalized spacial score (nSPS) is 16.2. The fourth-order valence-electron chi connectivity index (χ4n) is 3.14. The second kappa shape index (κ2) is 7.86. The number of hydrogen-bond acceptors (Lipinski definition) is 3. The first-order valence-electron chi connectivity index (χ1n) is 8.78. The monoisotopic (exact) mass is 392 g/mol. The molecule has 140 valence electrons. The maximum absolute atomic E-state index is 14.3. The molecule has 0 spiro atoms. The van der Waals surface area contributed by atoms with Gasteiger partial charge >= 0.3 is 0 Å². The number of amides is 2. The molecular weight excluding hydrogens is 375 g/mol. The molecule has 6 heteroatoms. The first kappa shape index (κ1) is 18.3. The third-order valence-corrected chi connectivity index (χ3v) is 5.66. The predicted octanol–water partition coefficient (Wildman–Crippen LogP) is 4.86. The van der Waals surface area contributed by atoms with Crippen molar-refractivity contribution in [2.24, 2.45) is 0 Å². The molecule has 28 heavy (non-hydrogen) atoms. The summed E-state index contributed by atoms with van der Waals surface area (Å²) in [5, 5.41) is 2.52. The van der Waals surface area contributed by atoms with Gasteiger partial charge in [0.2, 0.25) is 5.91 Å². The zero-order chi connectivity index (χ0) is 19.5. The minimum absolute atomic E-state index is 0.140. The largest absolute Gasteiger partial charge is 0.322 e. The summed E-state index contributed by atoms with van der Waals surface area (Å²) in [6.07, 6.45) is 0. The van der Waals surface area contributed by atoms with Crippen LogP contribution in [0.5, 0.6) is 0 Å². The molecule has 3 aromatic rings. The van der Waals surface area contributed by atoms with Gasteiger partial charge in [-0.1, -0.05) is 42.5 Å². The lowest BCUT2D eigenvalue weighted by Crippen LogP contribution is -2.28. The number of nitrogens with one attached hydrogen (secondary N) is 1. The van der Waals surface area contributed by atoms with E-state index in [9.17, 15) is 14.0 Å². The van der Waals surface area contributed by atoms with Gasteiger partial charge in [0.1, 0.15) is 11.2 Å². The van der Waals surface area contributed by atoms with Crippen LogP contribution in [0, 0.1) is 5.82 Å². The molecule has 4 rings (SSSR count). The van der Waals surface area contributed by atoms with E-state index in [1.54, 1.807) is 48.5 Å². The van der Waals surface area contributed by atoms with E-state index in [4.69, 9.17) is 0 Å². The molecule has 0 aliphatic carbocycles. The highest BCUT2D eigenvalue weighted by atomic mass is 32.2. The highest BCUT2D eigenvalue weighted by Gasteiger charge is 2.35. The fraction of sp³-hybridized carbons (Fsp3) is 0.0909. The van der Waals surface area contributed by atoms with Crippen molar-refractivity contribution in [2.75, 3.05) is 16.0 Å². The van der Waals surface area contributed by atoms with Crippen LogP contribution in [0.2, 0.25) is 0 Å². The van der Waals surface area contributed by atoms with Crippen LogP contribution in [0.15, 0.2) is 78.9 Å². The molecule has 3 aromatic carbocycles. The van der Waals surface area contributed by atoms with Gasteiger partial charge in [-0.05, 0) is 42.0 Å². The van der Waals surface area contributed by atoms with Gasteiger partial charge in [-0.2, -0.15) is 0 Å². The smallest absolute Gasteiger partial charge is 0.255 e. The zero-order valence-corrected chi connectivity index (χ0v) is 15.7. The Morgan fingerprint density at radius 2 is 1.75 bits per heavy atom. The van der Waals surface area contributed by atoms with Crippen molar-refractivity contribution in [1.29, 1.82) is 0 Å². The number of carbonyl (C=O) groups is 2. The Kier molecular flexibility index (Phi) is 5.12. The van der Waals surface area contributed by atoms with Gasteiger partial charge in [0, 0.05) is 11.3 Å². The Labute approximate surface area is 166 Å². The number of benzene rings is 3. The molecule has 1 atom stereocenters. The van der Waals surface area contributed by atoms with Crippen molar-refractivity contribution < 1.29 is 14.0 Å². The Hall–Kier alpha value is -3.12. The number of carbonyl (C=O) groups excluding carboxylic acids is 2. The second-order valence-electron chi connectivity index (χ2n) is 6.32. The minimum Gasteiger partial charge on any atom is -0.322 e. The molecule has 0 saturated carbocycles. The number of hydrogen-bond donors (Lipinski definition) is 1. The molecule has 0 unspecified atom stereocenters. The van der Waals surface area contributed by atoms with Gasteiger partial charge < -0.3 is 5.32 Å². The third-order valence-electron chi connectivity index (χ3n) is 4.45. The molecule has 1 saturated heterocycles. The SMILES string of the molecule is O=C(Nc1cccc([C@@H]2SCC(=O)N2c2ccccc2F)c1)c1ccccc1. The molecule has 4 nitrogen and oxygen atoms in total. The highest BCUT2D eigenvalue weighted by Crippen LogP contribution is 2.42. The van der Waals surface area contributed by atoms with E-state index in [0.29, 0.717) is 11.3 Å². The molecule has 1 aliphatic heterocycles. The quantitative estimate of drug-likeness (QED) is 0.690. The Morgan fingerprint density at radius 1 is 1.00 bits per heavy atom. The van der Waals surface area contributed by atoms with E-state index in [1.165, 1.54) is 22.7 Å². The number of anilines is 2. The van der Waals surface area contributed by atoms with E-state index >= 15 is 0 Å². The second-order valence-corrected chi connectivity index (χ2v) is 7.39. The summed E-state index contributed by atoms with van der Waals surface area (Å²) in [7, 11) is 0. The van der Waals surface area contributed by atoms with E-state index in [-0.39, 0.29) is 28.6 Å². The molecule has 0 bridgehead atoms. The van der Waals surface area contributed by atoms with Gasteiger partial charge in [-0.15, -0.1) is 11.8 Å². The first-order valence-corrected chi connectivity index (χ1v) is 9.83. The molecule has 2 amide bonds. The lowest BCUT2D eigenvalue weighted by atomic mass is 10.1. The topological polar surface area (TPSA) is 49.4 Å². The Morgan fingerprint density at radius 3 is 2.54 bits per heavy atom. The van der Waals surface area contributed by atoms with Gasteiger partial charge in [0.15, 0.2) is 0 Å². The molecule has 0 radical (unpaired) electrons. The van der Waals surface area contributed by atoms with Crippen LogP contribution in [0.3, 0.4) is 0 Å². The highest BCUT2D eigenvalue weighted by molar-refractivity contribution is 8.00. The third kappa shape index (κ3) is 3.64. The van der Waals surface area contributed by atoms with Crippen molar-refractivity contribution >= 4 is 35.0 Å². The Bertz CT molecular complexity index is 1030. The van der Waals surface area contributed by atoms with Crippen LogP contribution in [0.25, 0.3) is 0 Å². The summed E-state index contributed by atoms with van der Waals surface area (Å²) < 4.78 is 14.3.